The molecule has 0 saturated carbocycles. The Kier molecular flexibility index (Phi) is 5.46. The highest BCUT2D eigenvalue weighted by molar-refractivity contribution is 7.89. The summed E-state index contributed by atoms with van der Waals surface area (Å²) in [5.41, 5.74) is 0.559. The van der Waals surface area contributed by atoms with Crippen molar-refractivity contribution in [3.8, 4) is 0 Å². The van der Waals surface area contributed by atoms with Crippen molar-refractivity contribution in [2.24, 2.45) is 0 Å². The molecule has 0 atom stereocenters. The molecule has 0 aliphatic rings. The molecule has 6 heteroatoms. The summed E-state index contributed by atoms with van der Waals surface area (Å²) >= 11 is 0. The third kappa shape index (κ3) is 4.89. The minimum atomic E-state index is -3.69. The summed E-state index contributed by atoms with van der Waals surface area (Å²) in [6.45, 7) is 7.76. The third-order valence-electron chi connectivity index (χ3n) is 2.41. The van der Waals surface area contributed by atoms with Crippen molar-refractivity contribution in [1.82, 2.24) is 10.0 Å². The molecule has 0 aliphatic carbocycles. The van der Waals surface area contributed by atoms with Gasteiger partial charge in [-0.2, -0.15) is 0 Å². The lowest BCUT2D eigenvalue weighted by Gasteiger charge is -2.15. The first-order valence-corrected chi connectivity index (χ1v) is 7.75. The van der Waals surface area contributed by atoms with Crippen LogP contribution in [0.25, 0.3) is 0 Å². The van der Waals surface area contributed by atoms with Crippen LogP contribution in [0.2, 0.25) is 0 Å². The summed E-state index contributed by atoms with van der Waals surface area (Å²) in [4.78, 5) is -0.00523. The van der Waals surface area contributed by atoms with Gasteiger partial charge in [0.1, 0.15) is 5.82 Å². The predicted molar refractivity (Wildman–Crippen MR) is 73.8 cm³/mol. The molecule has 0 amide bonds. The summed E-state index contributed by atoms with van der Waals surface area (Å²) < 4.78 is 40.1. The van der Waals surface area contributed by atoms with Gasteiger partial charge in [0.05, 0.1) is 4.90 Å². The van der Waals surface area contributed by atoms with Crippen molar-refractivity contribution in [2.45, 2.75) is 51.2 Å². The number of benzene rings is 1. The lowest BCUT2D eigenvalue weighted by Crippen LogP contribution is -2.32. The maximum atomic E-state index is 13.3. The van der Waals surface area contributed by atoms with Gasteiger partial charge in [0.15, 0.2) is 0 Å². The molecular formula is C13H21FN2O2S. The van der Waals surface area contributed by atoms with Gasteiger partial charge in [0.25, 0.3) is 0 Å². The lowest BCUT2D eigenvalue weighted by atomic mass is 10.2. The van der Waals surface area contributed by atoms with Gasteiger partial charge >= 0.3 is 0 Å². The van der Waals surface area contributed by atoms with Crippen LogP contribution in [0.1, 0.15) is 33.3 Å². The predicted octanol–water partition coefficient (Wildman–Crippen LogP) is 2.01. The molecule has 0 bridgehead atoms. The molecule has 0 unspecified atom stereocenters. The first-order chi connectivity index (χ1) is 8.72. The van der Waals surface area contributed by atoms with E-state index in [1.54, 1.807) is 13.8 Å². The Morgan fingerprint density at radius 2 is 1.79 bits per heavy atom. The molecule has 1 rings (SSSR count). The minimum absolute atomic E-state index is 0.00523. The average molecular weight is 288 g/mol. The number of halogens is 1. The van der Waals surface area contributed by atoms with Crippen molar-refractivity contribution >= 4 is 10.0 Å². The first-order valence-electron chi connectivity index (χ1n) is 6.26. The van der Waals surface area contributed by atoms with Gasteiger partial charge in [-0.05, 0) is 31.5 Å². The van der Waals surface area contributed by atoms with Crippen molar-refractivity contribution < 1.29 is 12.8 Å². The largest absolute Gasteiger partial charge is 0.310 e. The third-order valence-corrected chi connectivity index (χ3v) is 4.15. The normalized spacial score (nSPS) is 12.4. The maximum Gasteiger partial charge on any atom is 0.241 e. The van der Waals surface area contributed by atoms with Gasteiger partial charge in [-0.25, -0.2) is 17.5 Å². The van der Waals surface area contributed by atoms with Gasteiger partial charge in [-0.15, -0.1) is 0 Å². The summed E-state index contributed by atoms with van der Waals surface area (Å²) in [7, 11) is -3.69. The van der Waals surface area contributed by atoms with E-state index in [0.717, 1.165) is 6.07 Å². The molecule has 19 heavy (non-hydrogen) atoms. The zero-order valence-electron chi connectivity index (χ0n) is 11.7. The topological polar surface area (TPSA) is 58.2 Å². The van der Waals surface area contributed by atoms with E-state index in [1.165, 1.54) is 12.1 Å². The minimum Gasteiger partial charge on any atom is -0.310 e. The molecule has 0 spiro atoms. The van der Waals surface area contributed by atoms with E-state index < -0.39 is 15.8 Å². The molecule has 0 heterocycles. The van der Waals surface area contributed by atoms with Gasteiger partial charge in [0.2, 0.25) is 10.0 Å². The SMILES string of the molecule is CC(C)NCc1ccc(F)cc1S(=O)(=O)NC(C)C. The highest BCUT2D eigenvalue weighted by Crippen LogP contribution is 2.18. The number of nitrogens with one attached hydrogen (secondary N) is 2. The lowest BCUT2D eigenvalue weighted by molar-refractivity contribution is 0.555. The van der Waals surface area contributed by atoms with Crippen molar-refractivity contribution in [3.05, 3.63) is 29.6 Å². The monoisotopic (exact) mass is 288 g/mol. The second kappa shape index (κ2) is 6.45. The molecule has 1 aromatic rings. The fraction of sp³-hybridized carbons (Fsp3) is 0.538. The highest BCUT2D eigenvalue weighted by atomic mass is 32.2. The Bertz CT molecular complexity index is 527. The van der Waals surface area contributed by atoms with E-state index in [-0.39, 0.29) is 17.0 Å². The van der Waals surface area contributed by atoms with Crippen LogP contribution in [0, 0.1) is 5.82 Å². The van der Waals surface area contributed by atoms with Crippen LogP contribution in [-0.2, 0) is 16.6 Å². The second-order valence-corrected chi connectivity index (χ2v) is 6.75. The number of hydrogen-bond donors (Lipinski definition) is 2. The Morgan fingerprint density at radius 1 is 1.16 bits per heavy atom. The van der Waals surface area contributed by atoms with E-state index >= 15 is 0 Å². The van der Waals surface area contributed by atoms with E-state index in [9.17, 15) is 12.8 Å². The van der Waals surface area contributed by atoms with Crippen LogP contribution in [0.15, 0.2) is 23.1 Å². The standard InChI is InChI=1S/C13H21FN2O2S/c1-9(2)15-8-11-5-6-12(14)7-13(11)19(17,18)16-10(3)4/h5-7,9-10,15-16H,8H2,1-4H3. The van der Waals surface area contributed by atoms with E-state index in [2.05, 4.69) is 10.0 Å². The number of sulfonamides is 1. The van der Waals surface area contributed by atoms with Crippen molar-refractivity contribution in [1.29, 1.82) is 0 Å². The molecule has 2 N–H and O–H groups in total. The average Bonchev–Trinajstić information content (AvgIpc) is 2.25. The summed E-state index contributed by atoms with van der Waals surface area (Å²) in [5.74, 6) is -0.558. The fourth-order valence-electron chi connectivity index (χ4n) is 1.61. The maximum absolute atomic E-state index is 13.3. The van der Waals surface area contributed by atoms with Crippen molar-refractivity contribution in [2.75, 3.05) is 0 Å². The van der Waals surface area contributed by atoms with Crippen LogP contribution >= 0.6 is 0 Å². The molecule has 4 nitrogen and oxygen atoms in total. The fourth-order valence-corrected chi connectivity index (χ4v) is 3.11. The summed E-state index contributed by atoms with van der Waals surface area (Å²) in [6.07, 6.45) is 0. The molecule has 0 aromatic heterocycles. The van der Waals surface area contributed by atoms with E-state index in [0.29, 0.717) is 12.1 Å². The summed E-state index contributed by atoms with van der Waals surface area (Å²) in [6, 6.07) is 3.81. The Morgan fingerprint density at radius 3 is 2.32 bits per heavy atom. The van der Waals surface area contributed by atoms with Gasteiger partial charge in [-0.3, -0.25) is 0 Å². The Balaban J connectivity index is 3.13. The van der Waals surface area contributed by atoms with Gasteiger partial charge < -0.3 is 5.32 Å². The van der Waals surface area contributed by atoms with Crippen LogP contribution < -0.4 is 10.0 Å². The summed E-state index contributed by atoms with van der Waals surface area (Å²) in [5, 5.41) is 3.13. The van der Waals surface area contributed by atoms with Crippen LogP contribution in [0.5, 0.6) is 0 Å². The molecule has 108 valence electrons. The first kappa shape index (κ1) is 16.1. The zero-order chi connectivity index (χ0) is 14.6. The van der Waals surface area contributed by atoms with Crippen molar-refractivity contribution in [3.63, 3.8) is 0 Å². The highest BCUT2D eigenvalue weighted by Gasteiger charge is 2.20. The number of hydrogen-bond acceptors (Lipinski definition) is 3. The quantitative estimate of drug-likeness (QED) is 0.842. The van der Waals surface area contributed by atoms with E-state index in [1.807, 2.05) is 13.8 Å². The molecule has 0 radical (unpaired) electrons. The van der Waals surface area contributed by atoms with Gasteiger partial charge in [-0.1, -0.05) is 19.9 Å². The Labute approximate surface area is 114 Å². The molecule has 0 saturated heterocycles. The second-order valence-electron chi connectivity index (χ2n) is 5.06. The van der Waals surface area contributed by atoms with E-state index in [4.69, 9.17) is 0 Å². The Hall–Kier alpha value is -0.980. The number of rotatable bonds is 6. The molecule has 0 fully saturated rings. The molecular weight excluding hydrogens is 267 g/mol. The molecule has 1 aromatic carbocycles. The van der Waals surface area contributed by atoms with Crippen LogP contribution in [0.4, 0.5) is 4.39 Å². The molecule has 0 aliphatic heterocycles. The smallest absolute Gasteiger partial charge is 0.241 e. The van der Waals surface area contributed by atoms with Gasteiger partial charge in [0, 0.05) is 18.6 Å². The zero-order valence-corrected chi connectivity index (χ0v) is 12.5. The van der Waals surface area contributed by atoms with Crippen LogP contribution in [0.3, 0.4) is 0 Å². The van der Waals surface area contributed by atoms with Crippen LogP contribution in [-0.4, -0.2) is 20.5 Å².